The van der Waals surface area contributed by atoms with E-state index >= 15 is 0 Å². The van der Waals surface area contributed by atoms with Crippen molar-refractivity contribution < 1.29 is 40.3 Å². The molecule has 3 aromatic rings. The van der Waals surface area contributed by atoms with Crippen LogP contribution in [0.25, 0.3) is 10.9 Å². The smallest absolute Gasteiger partial charge is 0.394 e. The van der Waals surface area contributed by atoms with Gasteiger partial charge in [0.15, 0.2) is 0 Å². The van der Waals surface area contributed by atoms with E-state index in [0.717, 1.165) is 79.4 Å². The topological polar surface area (TPSA) is 133 Å². The number of hydrogen-bond donors (Lipinski definition) is 3. The molecule has 0 spiro atoms. The second kappa shape index (κ2) is 16.0. The Labute approximate surface area is 315 Å². The first-order valence-electron chi connectivity index (χ1n) is 20.1. The molecule has 12 heteroatoms. The summed E-state index contributed by atoms with van der Waals surface area (Å²) in [5.74, 6) is 2.72. The van der Waals surface area contributed by atoms with Gasteiger partial charge in [-0.25, -0.2) is 0 Å². The summed E-state index contributed by atoms with van der Waals surface area (Å²) >= 11 is 0. The van der Waals surface area contributed by atoms with Gasteiger partial charge in [0, 0.05) is 39.7 Å². The molecule has 10 nitrogen and oxygen atoms in total. The number of rotatable bonds is 5. The van der Waals surface area contributed by atoms with Gasteiger partial charge in [-0.3, -0.25) is 19.0 Å². The van der Waals surface area contributed by atoms with Crippen LogP contribution in [0, 0.1) is 17.8 Å². The van der Waals surface area contributed by atoms with Crippen molar-refractivity contribution in [3.05, 3.63) is 78.0 Å². The van der Waals surface area contributed by atoms with Gasteiger partial charge in [0.1, 0.15) is 11.5 Å². The molecule has 2 aliphatic carbocycles. The van der Waals surface area contributed by atoms with Crippen molar-refractivity contribution in [2.45, 2.75) is 75.0 Å². The lowest BCUT2D eigenvalue weighted by atomic mass is 9.52. The second-order valence-electron chi connectivity index (χ2n) is 14.1. The van der Waals surface area contributed by atoms with Gasteiger partial charge in [-0.2, -0.15) is 8.42 Å². The molecule has 9 rings (SSSR count). The highest BCUT2D eigenvalue weighted by atomic mass is 79.9. The van der Waals surface area contributed by atoms with Crippen LogP contribution in [0.5, 0.6) is 11.5 Å². The Hall–Kier alpha value is -2.58. The number of benzene rings is 2. The zero-order valence-electron chi connectivity index (χ0n) is 34.3. The SMILES string of the molecule is Br.C=C[C@H]1CN2CC[C@H]1C[C@@H]2[C@@H](O)c1ccnc2ccc(OC)cc12.O=S(=O)(O)O.[2H]C([2H])([2H])Oc1ccc2c(c1)[C@]13CCCC[C@@H]1[C@H](C2)N(C([2H])([2H])[2H])CC3. The van der Waals surface area contributed by atoms with Crippen molar-refractivity contribution >= 4 is 38.3 Å². The molecule has 5 fully saturated rings. The maximum absolute atomic E-state index is 11.2. The van der Waals surface area contributed by atoms with Gasteiger partial charge in [-0.1, -0.05) is 25.0 Å². The van der Waals surface area contributed by atoms with Crippen LogP contribution in [0.2, 0.25) is 0 Å². The molecule has 274 valence electrons. The maximum atomic E-state index is 11.2. The maximum Gasteiger partial charge on any atom is 0.394 e. The number of likely N-dealkylation sites (tertiary alicyclic amines) is 1. The van der Waals surface area contributed by atoms with E-state index in [2.05, 4.69) is 22.5 Å². The number of halogens is 1. The first-order chi connectivity index (χ1) is 25.8. The van der Waals surface area contributed by atoms with Crippen molar-refractivity contribution in [2.75, 3.05) is 40.8 Å². The number of ether oxygens (including phenoxy) is 2. The van der Waals surface area contributed by atoms with Crippen LogP contribution in [0.15, 0.2) is 61.3 Å². The molecule has 5 heterocycles. The Morgan fingerprint density at radius 2 is 1.86 bits per heavy atom. The summed E-state index contributed by atoms with van der Waals surface area (Å²) in [7, 11) is -5.46. The highest BCUT2D eigenvalue weighted by molar-refractivity contribution is 8.93. The molecular weight excluding hydrogens is 722 g/mol. The fraction of sp³-hybridized carbons (Fsp3) is 0.553. The van der Waals surface area contributed by atoms with Gasteiger partial charge in [-0.05, 0) is 129 Å². The average molecular weight is 781 g/mol. The molecule has 1 saturated carbocycles. The molecule has 0 amide bonds. The predicted molar refractivity (Wildman–Crippen MR) is 201 cm³/mol. The van der Waals surface area contributed by atoms with Crippen LogP contribution in [-0.2, 0) is 22.2 Å². The molecule has 3 N–H and O–H groups in total. The Morgan fingerprint density at radius 3 is 2.56 bits per heavy atom. The Morgan fingerprint density at radius 1 is 1.08 bits per heavy atom. The van der Waals surface area contributed by atoms with E-state index in [1.807, 2.05) is 36.4 Å². The number of methoxy groups -OCH3 is 2. The summed E-state index contributed by atoms with van der Waals surface area (Å²) in [4.78, 5) is 8.59. The number of aliphatic hydroxyl groups excluding tert-OH is 1. The van der Waals surface area contributed by atoms with Crippen LogP contribution in [0.3, 0.4) is 0 Å². The molecule has 4 saturated heterocycles. The number of hydrogen-bond acceptors (Lipinski definition) is 8. The molecule has 2 aromatic carbocycles. The summed E-state index contributed by atoms with van der Waals surface area (Å²) < 4.78 is 88.0. The molecule has 8 atom stereocenters. The largest absolute Gasteiger partial charge is 0.497 e. The van der Waals surface area contributed by atoms with Gasteiger partial charge < -0.3 is 19.5 Å². The minimum atomic E-state index is -4.67. The summed E-state index contributed by atoms with van der Waals surface area (Å²) in [5.41, 5.74) is 4.16. The minimum absolute atomic E-state index is 0. The Kier molecular flexibility index (Phi) is 9.90. The number of piperidine rings is 4. The molecule has 50 heavy (non-hydrogen) atoms. The normalized spacial score (nSPS) is 32.4. The summed E-state index contributed by atoms with van der Waals surface area (Å²) in [6.07, 6.45) is 11.5. The van der Waals surface area contributed by atoms with Crippen molar-refractivity contribution in [2.24, 2.45) is 17.8 Å². The van der Waals surface area contributed by atoms with E-state index in [4.69, 9.17) is 35.2 Å². The van der Waals surface area contributed by atoms with E-state index in [-0.39, 0.29) is 34.5 Å². The highest BCUT2D eigenvalue weighted by Gasteiger charge is 2.53. The minimum Gasteiger partial charge on any atom is -0.497 e. The van der Waals surface area contributed by atoms with E-state index < -0.39 is 30.5 Å². The van der Waals surface area contributed by atoms with E-state index in [9.17, 15) is 5.11 Å². The predicted octanol–water partition coefficient (Wildman–Crippen LogP) is 6.48. The lowest BCUT2D eigenvalue weighted by Gasteiger charge is -2.58. The van der Waals surface area contributed by atoms with Gasteiger partial charge >= 0.3 is 10.4 Å². The molecule has 1 unspecified atom stereocenters. The van der Waals surface area contributed by atoms with E-state index in [0.29, 0.717) is 36.5 Å². The standard InChI is InChI=1S/C20H24N2O2.C18H25NO.BrH.H2O4S/c1-3-13-12-22-9-7-14(13)10-19(22)20(23)16-6-8-21-18-5-4-15(24-2)11-17(16)18;1-19-10-9-18-8-4-3-5-15(18)17(19)11-13-6-7-14(20-2)12-16(13)18;;1-5(2,3)4/h3-6,8,11,13-14,19-20,23H,1,7,9-10,12H2,2H3;6-7,12,15,17H,3-5,8-11H2,1-2H3;1H;(H2,1,2,3,4)/t13-,14-,19+,20-;15-,17+,18+;;/m01../s1/i;1D3,2D3;;. The third kappa shape index (κ3) is 7.91. The van der Waals surface area contributed by atoms with Crippen molar-refractivity contribution in [3.8, 4) is 11.5 Å². The lowest BCUT2D eigenvalue weighted by Crippen LogP contribution is -2.59. The molecular formula is C38H52BrN3O7S. The van der Waals surface area contributed by atoms with Gasteiger partial charge in [-0.15, -0.1) is 23.6 Å². The van der Waals surface area contributed by atoms with Gasteiger partial charge in [0.2, 0.25) is 0 Å². The monoisotopic (exact) mass is 779 g/mol. The second-order valence-corrected chi connectivity index (χ2v) is 15.0. The first kappa shape index (κ1) is 31.0. The Bertz CT molecular complexity index is 1960. The van der Waals surface area contributed by atoms with Crippen molar-refractivity contribution in [1.29, 1.82) is 0 Å². The molecule has 0 radical (unpaired) electrons. The third-order valence-corrected chi connectivity index (χ3v) is 11.7. The number of fused-ring (bicyclic) bond motifs is 5. The van der Waals surface area contributed by atoms with Gasteiger partial charge in [0.25, 0.3) is 0 Å². The quantitative estimate of drug-likeness (QED) is 0.195. The van der Waals surface area contributed by atoms with Crippen LogP contribution in [-0.4, -0.2) is 90.3 Å². The molecule has 4 aliphatic heterocycles. The number of aromatic nitrogens is 1. The molecule has 1 aromatic heterocycles. The van der Waals surface area contributed by atoms with Crippen LogP contribution >= 0.6 is 17.0 Å². The molecule has 4 bridgehead atoms. The number of aliphatic hydroxyl groups is 1. The fourth-order valence-corrected chi connectivity index (χ4v) is 9.49. The Balaban J connectivity index is 0.000000189. The van der Waals surface area contributed by atoms with Crippen molar-refractivity contribution in [3.63, 3.8) is 0 Å². The number of pyridine rings is 1. The average Bonchev–Trinajstić information content (AvgIpc) is 3.13. The third-order valence-electron chi connectivity index (χ3n) is 11.7. The van der Waals surface area contributed by atoms with Crippen LogP contribution < -0.4 is 9.47 Å². The van der Waals surface area contributed by atoms with Crippen LogP contribution in [0.4, 0.5) is 0 Å². The number of nitrogens with zero attached hydrogens (tertiary/aromatic N) is 3. The van der Waals surface area contributed by atoms with E-state index in [1.165, 1.54) is 12.0 Å². The summed E-state index contributed by atoms with van der Waals surface area (Å²) in [6, 6.07) is 13.6. The fourth-order valence-electron chi connectivity index (χ4n) is 9.49. The zero-order chi connectivity index (χ0) is 39.9. The first-order valence-corrected chi connectivity index (χ1v) is 18.5. The summed E-state index contributed by atoms with van der Waals surface area (Å²) in [6.45, 7) is 4.58. The summed E-state index contributed by atoms with van der Waals surface area (Å²) in [5, 5.41) is 12.1. The molecule has 6 aliphatic rings. The van der Waals surface area contributed by atoms with Crippen molar-refractivity contribution in [1.82, 2.24) is 14.8 Å². The van der Waals surface area contributed by atoms with E-state index in [1.54, 1.807) is 24.3 Å². The zero-order valence-corrected chi connectivity index (χ0v) is 30.8. The number of likely N-dealkylation sites (N-methyl/N-ethyl adjacent to an activating group) is 1. The van der Waals surface area contributed by atoms with Crippen LogP contribution in [0.1, 0.15) is 76.0 Å². The van der Waals surface area contributed by atoms with Gasteiger partial charge in [0.05, 0.1) is 29.9 Å². The highest BCUT2D eigenvalue weighted by Crippen LogP contribution is 2.56. The lowest BCUT2D eigenvalue weighted by molar-refractivity contribution is -0.0444.